The summed E-state index contributed by atoms with van der Waals surface area (Å²) in [5, 5.41) is 0. The normalized spacial score (nSPS) is 52.7. The molecule has 8 unspecified atom stereocenters. The molecule has 4 aliphatic carbocycles. The zero-order valence-electron chi connectivity index (χ0n) is 15.2. The molecule has 2 nitrogen and oxygen atoms in total. The first-order valence-corrected chi connectivity index (χ1v) is 10.1. The van der Waals surface area contributed by atoms with Gasteiger partial charge in [0.15, 0.2) is 0 Å². The van der Waals surface area contributed by atoms with Crippen molar-refractivity contribution in [3.05, 3.63) is 0 Å². The SMILES string of the molecule is COCC1CCC2C(CCC3C2CCC2(C)C(=O)C(C)CC32)C1. The minimum atomic E-state index is 0.0284. The molecule has 4 fully saturated rings. The van der Waals surface area contributed by atoms with Gasteiger partial charge < -0.3 is 4.74 Å². The van der Waals surface area contributed by atoms with E-state index in [2.05, 4.69) is 13.8 Å². The van der Waals surface area contributed by atoms with Gasteiger partial charge in [0, 0.05) is 25.0 Å². The van der Waals surface area contributed by atoms with Crippen molar-refractivity contribution in [3.63, 3.8) is 0 Å². The van der Waals surface area contributed by atoms with Crippen molar-refractivity contribution in [2.45, 2.75) is 65.2 Å². The van der Waals surface area contributed by atoms with E-state index in [0.717, 1.165) is 36.2 Å². The van der Waals surface area contributed by atoms with Gasteiger partial charge in [0.2, 0.25) is 0 Å². The molecule has 0 aromatic carbocycles. The van der Waals surface area contributed by atoms with Gasteiger partial charge >= 0.3 is 0 Å². The number of carbonyl (C=O) groups excluding carboxylic acids is 1. The van der Waals surface area contributed by atoms with Gasteiger partial charge in [-0.3, -0.25) is 4.79 Å². The number of rotatable bonds is 2. The van der Waals surface area contributed by atoms with Gasteiger partial charge in [-0.25, -0.2) is 0 Å². The number of hydrogen-bond donors (Lipinski definition) is 0. The monoisotopic (exact) mass is 318 g/mol. The summed E-state index contributed by atoms with van der Waals surface area (Å²) in [6, 6.07) is 0. The lowest BCUT2D eigenvalue weighted by atomic mass is 9.50. The maximum Gasteiger partial charge on any atom is 0.141 e. The van der Waals surface area contributed by atoms with Crippen LogP contribution in [-0.4, -0.2) is 19.5 Å². The van der Waals surface area contributed by atoms with Crippen molar-refractivity contribution in [1.29, 1.82) is 0 Å². The highest BCUT2D eigenvalue weighted by molar-refractivity contribution is 5.89. The molecule has 4 saturated carbocycles. The molecule has 0 saturated heterocycles. The highest BCUT2D eigenvalue weighted by Crippen LogP contribution is 2.62. The number of fused-ring (bicyclic) bond motifs is 5. The van der Waals surface area contributed by atoms with E-state index in [9.17, 15) is 4.79 Å². The largest absolute Gasteiger partial charge is 0.384 e. The Hall–Kier alpha value is -0.370. The van der Waals surface area contributed by atoms with Gasteiger partial charge in [-0.2, -0.15) is 0 Å². The number of hydrogen-bond acceptors (Lipinski definition) is 2. The van der Waals surface area contributed by atoms with Crippen LogP contribution in [0.25, 0.3) is 0 Å². The van der Waals surface area contributed by atoms with Crippen molar-refractivity contribution < 1.29 is 9.53 Å². The third-order valence-corrected chi connectivity index (χ3v) is 8.47. The summed E-state index contributed by atoms with van der Waals surface area (Å²) in [7, 11) is 1.85. The van der Waals surface area contributed by atoms with Crippen molar-refractivity contribution in [1.82, 2.24) is 0 Å². The summed E-state index contributed by atoms with van der Waals surface area (Å²) in [6.07, 6.45) is 10.7. The van der Waals surface area contributed by atoms with Crippen LogP contribution in [0.5, 0.6) is 0 Å². The number of ketones is 1. The fourth-order valence-electron chi connectivity index (χ4n) is 7.45. The molecule has 0 amide bonds. The fourth-order valence-corrected chi connectivity index (χ4v) is 7.45. The highest BCUT2D eigenvalue weighted by Gasteiger charge is 2.58. The Balaban J connectivity index is 1.51. The Morgan fingerprint density at radius 3 is 2.61 bits per heavy atom. The second-order valence-corrected chi connectivity index (χ2v) is 9.53. The predicted octanol–water partition coefficient (Wildman–Crippen LogP) is 4.72. The maximum absolute atomic E-state index is 12.7. The van der Waals surface area contributed by atoms with E-state index in [1.165, 1.54) is 51.4 Å². The molecule has 0 N–H and O–H groups in total. The van der Waals surface area contributed by atoms with E-state index in [1.807, 2.05) is 7.11 Å². The fraction of sp³-hybridized carbons (Fsp3) is 0.952. The molecular weight excluding hydrogens is 284 g/mol. The average molecular weight is 319 g/mol. The molecule has 0 aromatic heterocycles. The van der Waals surface area contributed by atoms with E-state index in [-0.39, 0.29) is 5.41 Å². The first-order chi connectivity index (χ1) is 11.0. The lowest BCUT2D eigenvalue weighted by Crippen LogP contribution is -2.48. The molecule has 8 atom stereocenters. The Labute approximate surface area is 141 Å². The Morgan fingerprint density at radius 2 is 1.83 bits per heavy atom. The average Bonchev–Trinajstić information content (AvgIpc) is 2.78. The minimum Gasteiger partial charge on any atom is -0.384 e. The van der Waals surface area contributed by atoms with Crippen LogP contribution in [0.15, 0.2) is 0 Å². The third kappa shape index (κ3) is 2.42. The van der Waals surface area contributed by atoms with Gasteiger partial charge in [0.05, 0.1) is 0 Å². The molecule has 0 heterocycles. The van der Waals surface area contributed by atoms with Gasteiger partial charge in [-0.15, -0.1) is 0 Å². The van der Waals surface area contributed by atoms with Crippen LogP contribution >= 0.6 is 0 Å². The number of ether oxygens (including phenoxy) is 1. The summed E-state index contributed by atoms with van der Waals surface area (Å²) >= 11 is 0. The molecular formula is C21H34O2. The summed E-state index contributed by atoms with van der Waals surface area (Å²) in [4.78, 5) is 12.7. The maximum atomic E-state index is 12.7. The van der Waals surface area contributed by atoms with Crippen LogP contribution < -0.4 is 0 Å². The van der Waals surface area contributed by atoms with E-state index < -0.39 is 0 Å². The van der Waals surface area contributed by atoms with Gasteiger partial charge in [0.1, 0.15) is 5.78 Å². The van der Waals surface area contributed by atoms with E-state index >= 15 is 0 Å². The topological polar surface area (TPSA) is 26.3 Å². The lowest BCUT2D eigenvalue weighted by Gasteiger charge is -2.54. The Bertz CT molecular complexity index is 472. The molecule has 0 bridgehead atoms. The predicted molar refractivity (Wildman–Crippen MR) is 92.0 cm³/mol. The number of carbonyl (C=O) groups is 1. The van der Waals surface area contributed by atoms with Crippen LogP contribution in [-0.2, 0) is 9.53 Å². The first kappa shape index (κ1) is 16.1. The standard InChI is InChI=1S/C21H34O2/c1-13-10-19-18-7-5-15-11-14(12-23-3)4-6-16(15)17(18)8-9-21(19,2)20(13)22/h13-19H,4-12H2,1-3H3. The molecule has 0 aliphatic heterocycles. The molecule has 2 heteroatoms. The molecule has 0 aromatic rings. The summed E-state index contributed by atoms with van der Waals surface area (Å²) in [5.74, 6) is 6.09. The van der Waals surface area contributed by atoms with Gasteiger partial charge in [-0.05, 0) is 86.9 Å². The van der Waals surface area contributed by atoms with Crippen molar-refractivity contribution in [3.8, 4) is 0 Å². The second-order valence-electron chi connectivity index (χ2n) is 9.53. The summed E-state index contributed by atoms with van der Waals surface area (Å²) < 4.78 is 5.42. The minimum absolute atomic E-state index is 0.0284. The Kier molecular flexibility index (Phi) is 4.11. The molecule has 130 valence electrons. The van der Waals surface area contributed by atoms with Gasteiger partial charge in [-0.1, -0.05) is 13.8 Å². The van der Waals surface area contributed by atoms with Crippen molar-refractivity contribution >= 4 is 5.78 Å². The third-order valence-electron chi connectivity index (χ3n) is 8.47. The van der Waals surface area contributed by atoms with Crippen LogP contribution in [0.2, 0.25) is 0 Å². The number of methoxy groups -OCH3 is 1. The molecule has 0 radical (unpaired) electrons. The molecule has 23 heavy (non-hydrogen) atoms. The van der Waals surface area contributed by atoms with Crippen LogP contribution in [0, 0.1) is 46.8 Å². The smallest absolute Gasteiger partial charge is 0.141 e. The van der Waals surface area contributed by atoms with E-state index in [1.54, 1.807) is 0 Å². The van der Waals surface area contributed by atoms with Crippen LogP contribution in [0.1, 0.15) is 65.2 Å². The van der Waals surface area contributed by atoms with Crippen molar-refractivity contribution in [2.24, 2.45) is 46.8 Å². The van der Waals surface area contributed by atoms with Crippen LogP contribution in [0.4, 0.5) is 0 Å². The van der Waals surface area contributed by atoms with Crippen LogP contribution in [0.3, 0.4) is 0 Å². The zero-order chi connectivity index (χ0) is 16.2. The quantitative estimate of drug-likeness (QED) is 0.736. The lowest BCUT2D eigenvalue weighted by molar-refractivity contribution is -0.135. The zero-order valence-corrected chi connectivity index (χ0v) is 15.2. The summed E-state index contributed by atoms with van der Waals surface area (Å²) in [5.41, 5.74) is 0.0284. The van der Waals surface area contributed by atoms with Crippen molar-refractivity contribution in [2.75, 3.05) is 13.7 Å². The Morgan fingerprint density at radius 1 is 1.04 bits per heavy atom. The molecule has 4 rings (SSSR count). The second kappa shape index (κ2) is 5.86. The first-order valence-electron chi connectivity index (χ1n) is 10.1. The summed E-state index contributed by atoms with van der Waals surface area (Å²) in [6.45, 7) is 5.45. The highest BCUT2D eigenvalue weighted by atomic mass is 16.5. The van der Waals surface area contributed by atoms with Gasteiger partial charge in [0.25, 0.3) is 0 Å². The van der Waals surface area contributed by atoms with E-state index in [4.69, 9.17) is 4.74 Å². The number of Topliss-reactive ketones (excluding diaryl/α,β-unsaturated/α-hetero) is 1. The van der Waals surface area contributed by atoms with E-state index in [0.29, 0.717) is 17.6 Å². The molecule has 4 aliphatic rings. The molecule has 0 spiro atoms.